The number of rotatable bonds is 4. The van der Waals surface area contributed by atoms with E-state index >= 15 is 0 Å². The molecule has 0 radical (unpaired) electrons. The van der Waals surface area contributed by atoms with Crippen LogP contribution in [0.1, 0.15) is 61.1 Å². The van der Waals surface area contributed by atoms with Crippen molar-refractivity contribution >= 4 is 34.2 Å². The summed E-state index contributed by atoms with van der Waals surface area (Å²) in [7, 11) is 1.65. The summed E-state index contributed by atoms with van der Waals surface area (Å²) in [4.78, 5) is 13.3. The summed E-state index contributed by atoms with van der Waals surface area (Å²) in [5.41, 5.74) is 1.79. The number of carbonyl (C=O) groups is 1. The highest BCUT2D eigenvalue weighted by molar-refractivity contribution is 6.34. The smallest absolute Gasteiger partial charge is 0.287 e. The molecule has 1 amide bonds. The zero-order valence-corrected chi connectivity index (χ0v) is 19.2. The third-order valence-electron chi connectivity index (χ3n) is 7.08. The zero-order valence-electron chi connectivity index (χ0n) is 18.4. The number of furan rings is 1. The van der Waals surface area contributed by atoms with Gasteiger partial charge in [0.2, 0.25) is 0 Å². The van der Waals surface area contributed by atoms with Crippen LogP contribution in [0.25, 0.3) is 11.0 Å². The molecular formula is C24H30ClN3O4. The quantitative estimate of drug-likeness (QED) is 0.616. The highest BCUT2D eigenvalue weighted by atomic mass is 35.5. The van der Waals surface area contributed by atoms with Gasteiger partial charge in [-0.25, -0.2) is 0 Å². The van der Waals surface area contributed by atoms with Crippen molar-refractivity contribution in [3.05, 3.63) is 40.9 Å². The van der Waals surface area contributed by atoms with Crippen LogP contribution < -0.4 is 16.0 Å². The molecule has 0 bridgehead atoms. The van der Waals surface area contributed by atoms with Gasteiger partial charge in [-0.2, -0.15) is 0 Å². The molecule has 3 N–H and O–H groups in total. The Morgan fingerprint density at radius 3 is 2.69 bits per heavy atom. The molecule has 0 unspecified atom stereocenters. The number of fused-ring (bicyclic) bond motifs is 4. The predicted octanol–water partition coefficient (Wildman–Crippen LogP) is 4.66. The molecule has 1 aromatic heterocycles. The molecule has 1 aromatic carbocycles. The van der Waals surface area contributed by atoms with Crippen molar-refractivity contribution in [1.82, 2.24) is 10.6 Å². The molecule has 1 aliphatic carbocycles. The summed E-state index contributed by atoms with van der Waals surface area (Å²) in [6, 6.07) is 3.65. The lowest BCUT2D eigenvalue weighted by Crippen LogP contribution is -2.54. The van der Waals surface area contributed by atoms with Gasteiger partial charge in [-0.3, -0.25) is 4.79 Å². The molecule has 2 aromatic rings. The summed E-state index contributed by atoms with van der Waals surface area (Å²) in [6.07, 6.45) is 6.77. The van der Waals surface area contributed by atoms with Crippen molar-refractivity contribution in [1.29, 1.82) is 0 Å². The first-order chi connectivity index (χ1) is 15.5. The molecular weight excluding hydrogens is 430 g/mol. The molecule has 5 rings (SSSR count). The van der Waals surface area contributed by atoms with E-state index in [1.807, 2.05) is 6.07 Å². The van der Waals surface area contributed by atoms with Gasteiger partial charge in [-0.05, 0) is 37.8 Å². The van der Waals surface area contributed by atoms with E-state index in [2.05, 4.69) is 22.5 Å². The van der Waals surface area contributed by atoms with Crippen LogP contribution in [0.4, 0.5) is 5.69 Å². The molecule has 0 atom stereocenters. The number of anilines is 1. The second kappa shape index (κ2) is 8.28. The number of amides is 1. The maximum Gasteiger partial charge on any atom is 0.287 e. The fourth-order valence-electron chi connectivity index (χ4n) is 5.55. The van der Waals surface area contributed by atoms with E-state index in [0.29, 0.717) is 43.3 Å². The van der Waals surface area contributed by atoms with Crippen molar-refractivity contribution in [3.8, 4) is 0 Å². The van der Waals surface area contributed by atoms with Crippen LogP contribution in [-0.4, -0.2) is 38.4 Å². The molecule has 1 saturated carbocycles. The lowest BCUT2D eigenvalue weighted by Gasteiger charge is -2.44. The standard InChI is InChI=1S/C24H30ClN3O4/c1-15-26-20-17(25)12-16-13-18(22(29)28-23(14-30-2)8-10-31-11-9-23)32-21(16)19(20)24(27-15)6-4-3-5-7-24/h12-13,26-27H,1,3-11,14H2,2H3,(H,28,29). The van der Waals surface area contributed by atoms with Crippen molar-refractivity contribution in [2.45, 2.75) is 56.0 Å². The highest BCUT2D eigenvalue weighted by Gasteiger charge is 2.43. The minimum Gasteiger partial charge on any atom is -0.450 e. The Labute approximate surface area is 192 Å². The second-order valence-corrected chi connectivity index (χ2v) is 9.70. The van der Waals surface area contributed by atoms with Crippen LogP contribution in [0.5, 0.6) is 0 Å². The van der Waals surface area contributed by atoms with E-state index in [9.17, 15) is 4.79 Å². The number of hydrogen-bond acceptors (Lipinski definition) is 6. The number of carbonyl (C=O) groups excluding carboxylic acids is 1. The van der Waals surface area contributed by atoms with Crippen LogP contribution in [0.15, 0.2) is 28.9 Å². The van der Waals surface area contributed by atoms with E-state index in [0.717, 1.165) is 48.1 Å². The highest BCUT2D eigenvalue weighted by Crippen LogP contribution is 2.49. The largest absolute Gasteiger partial charge is 0.450 e. The molecule has 2 fully saturated rings. The van der Waals surface area contributed by atoms with Crippen molar-refractivity contribution in [2.75, 3.05) is 32.2 Å². The van der Waals surface area contributed by atoms with Gasteiger partial charge >= 0.3 is 0 Å². The fraction of sp³-hybridized carbons (Fsp3) is 0.542. The molecule has 172 valence electrons. The lowest BCUT2D eigenvalue weighted by atomic mass is 9.74. The fourth-order valence-corrected chi connectivity index (χ4v) is 5.81. The van der Waals surface area contributed by atoms with Crippen LogP contribution in [0.3, 0.4) is 0 Å². The number of nitrogens with one attached hydrogen (secondary N) is 3. The van der Waals surface area contributed by atoms with Gasteiger partial charge in [-0.1, -0.05) is 37.4 Å². The van der Waals surface area contributed by atoms with Gasteiger partial charge in [0, 0.05) is 31.3 Å². The Kier molecular flexibility index (Phi) is 5.60. The SMILES string of the molecule is C=C1Nc2c(Cl)cc3cc(C(=O)NC4(COC)CCOCC4)oc3c2C2(CCCCC2)N1. The molecule has 1 saturated heterocycles. The van der Waals surface area contributed by atoms with Crippen LogP contribution >= 0.6 is 11.6 Å². The number of hydrogen-bond donors (Lipinski definition) is 3. The molecule has 3 heterocycles. The third-order valence-corrected chi connectivity index (χ3v) is 7.38. The molecule has 7 nitrogen and oxygen atoms in total. The lowest BCUT2D eigenvalue weighted by molar-refractivity contribution is 0.00159. The van der Waals surface area contributed by atoms with E-state index in [4.69, 9.17) is 25.5 Å². The summed E-state index contributed by atoms with van der Waals surface area (Å²) < 4.78 is 17.2. The minimum atomic E-state index is -0.453. The van der Waals surface area contributed by atoms with Crippen LogP contribution in [0.2, 0.25) is 5.02 Å². The number of ether oxygens (including phenoxy) is 2. The summed E-state index contributed by atoms with van der Waals surface area (Å²) >= 11 is 6.69. The van der Waals surface area contributed by atoms with E-state index in [1.54, 1.807) is 13.2 Å². The minimum absolute atomic E-state index is 0.246. The zero-order chi connectivity index (χ0) is 22.3. The molecule has 2 aliphatic heterocycles. The van der Waals surface area contributed by atoms with E-state index in [-0.39, 0.29) is 17.2 Å². The normalized spacial score (nSPS) is 21.6. The Balaban J connectivity index is 1.55. The maximum atomic E-state index is 13.3. The van der Waals surface area contributed by atoms with Gasteiger partial charge in [0.05, 0.1) is 34.2 Å². The van der Waals surface area contributed by atoms with Crippen molar-refractivity contribution in [2.24, 2.45) is 0 Å². The first kappa shape index (κ1) is 21.6. The van der Waals surface area contributed by atoms with Gasteiger partial charge in [0.15, 0.2) is 5.76 Å². The first-order valence-electron chi connectivity index (χ1n) is 11.4. The van der Waals surface area contributed by atoms with Crippen molar-refractivity contribution < 1.29 is 18.7 Å². The van der Waals surface area contributed by atoms with Crippen molar-refractivity contribution in [3.63, 3.8) is 0 Å². The monoisotopic (exact) mass is 459 g/mol. The Morgan fingerprint density at radius 1 is 1.22 bits per heavy atom. The third kappa shape index (κ3) is 3.66. The van der Waals surface area contributed by atoms with Gasteiger partial charge in [0.25, 0.3) is 5.91 Å². The first-order valence-corrected chi connectivity index (χ1v) is 11.7. The van der Waals surface area contributed by atoms with Gasteiger partial charge < -0.3 is 29.8 Å². The summed E-state index contributed by atoms with van der Waals surface area (Å²) in [5.74, 6) is 0.775. The summed E-state index contributed by atoms with van der Waals surface area (Å²) in [5, 5.41) is 11.5. The Morgan fingerprint density at radius 2 is 1.97 bits per heavy atom. The molecule has 8 heteroatoms. The topological polar surface area (TPSA) is 84.8 Å². The van der Waals surface area contributed by atoms with Crippen LogP contribution in [-0.2, 0) is 15.0 Å². The second-order valence-electron chi connectivity index (χ2n) is 9.29. The van der Waals surface area contributed by atoms with E-state index in [1.165, 1.54) is 6.42 Å². The average Bonchev–Trinajstić information content (AvgIpc) is 3.19. The molecule has 32 heavy (non-hydrogen) atoms. The molecule has 1 spiro atoms. The number of halogens is 1. The van der Waals surface area contributed by atoms with Gasteiger partial charge in [-0.15, -0.1) is 0 Å². The van der Waals surface area contributed by atoms with Crippen LogP contribution in [0, 0.1) is 0 Å². The predicted molar refractivity (Wildman–Crippen MR) is 124 cm³/mol. The van der Waals surface area contributed by atoms with Gasteiger partial charge in [0.1, 0.15) is 5.58 Å². The van der Waals surface area contributed by atoms with E-state index < -0.39 is 5.54 Å². The maximum absolute atomic E-state index is 13.3. The number of methoxy groups -OCH3 is 1. The molecule has 3 aliphatic rings. The summed E-state index contributed by atoms with van der Waals surface area (Å²) in [6.45, 7) is 5.73. The Hall–Kier alpha value is -2.22. The Bertz CT molecular complexity index is 1050. The average molecular weight is 460 g/mol. The number of benzene rings is 1.